The number of anilines is 1. The maximum absolute atomic E-state index is 12.5. The van der Waals surface area contributed by atoms with Crippen LogP contribution in [0.1, 0.15) is 19.3 Å². The number of hydrogen-bond acceptors (Lipinski definition) is 6. The van der Waals surface area contributed by atoms with Crippen LogP contribution in [-0.4, -0.2) is 66.7 Å². The zero-order valence-corrected chi connectivity index (χ0v) is 14.3. The molecule has 1 aromatic rings. The van der Waals surface area contributed by atoms with E-state index in [1.807, 2.05) is 6.07 Å². The van der Waals surface area contributed by atoms with Crippen LogP contribution in [0, 0.1) is 11.8 Å². The number of aromatic nitrogens is 2. The molecule has 0 bridgehead atoms. The summed E-state index contributed by atoms with van der Waals surface area (Å²) in [6.45, 7) is 2.68. The van der Waals surface area contributed by atoms with Crippen molar-refractivity contribution in [2.45, 2.75) is 31.3 Å². The van der Waals surface area contributed by atoms with Crippen molar-refractivity contribution in [1.82, 2.24) is 20.2 Å². The summed E-state index contributed by atoms with van der Waals surface area (Å²) in [5.74, 6) is 2.92. The Morgan fingerprint density at radius 2 is 2.21 bits per heavy atom. The third-order valence-electron chi connectivity index (χ3n) is 5.67. The number of likely N-dealkylation sites (tertiary alicyclic amines) is 1. The van der Waals surface area contributed by atoms with E-state index < -0.39 is 0 Å². The van der Waals surface area contributed by atoms with E-state index in [1.54, 1.807) is 13.4 Å². The fourth-order valence-corrected chi connectivity index (χ4v) is 4.01. The molecule has 4 rings (SSSR count). The van der Waals surface area contributed by atoms with Gasteiger partial charge in [0.25, 0.3) is 0 Å². The molecule has 3 heterocycles. The Hall–Kier alpha value is -1.89. The lowest BCUT2D eigenvalue weighted by molar-refractivity contribution is -0.125. The first-order valence-electron chi connectivity index (χ1n) is 8.76. The quantitative estimate of drug-likeness (QED) is 0.848. The predicted molar refractivity (Wildman–Crippen MR) is 90.0 cm³/mol. The van der Waals surface area contributed by atoms with Gasteiger partial charge in [0, 0.05) is 31.7 Å². The fourth-order valence-electron chi connectivity index (χ4n) is 4.01. The van der Waals surface area contributed by atoms with E-state index in [4.69, 9.17) is 4.74 Å². The second-order valence-electron chi connectivity index (χ2n) is 7.26. The number of rotatable bonds is 5. The first kappa shape index (κ1) is 15.6. The third-order valence-corrected chi connectivity index (χ3v) is 5.67. The van der Waals surface area contributed by atoms with Crippen LogP contribution in [0.3, 0.4) is 0 Å². The van der Waals surface area contributed by atoms with Gasteiger partial charge in [-0.1, -0.05) is 0 Å². The molecular formula is C17H25N5O2. The van der Waals surface area contributed by atoms with Gasteiger partial charge in [0.1, 0.15) is 12.1 Å². The Kier molecular flexibility index (Phi) is 4.04. The first-order chi connectivity index (χ1) is 11.7. The van der Waals surface area contributed by atoms with Gasteiger partial charge in [0.15, 0.2) is 0 Å². The maximum Gasteiger partial charge on any atom is 0.237 e. The summed E-state index contributed by atoms with van der Waals surface area (Å²) in [6, 6.07) is 2.30. The number of hydrogen-bond donors (Lipinski definition) is 1. The number of ether oxygens (including phenoxy) is 1. The van der Waals surface area contributed by atoms with Gasteiger partial charge in [-0.3, -0.25) is 9.69 Å². The number of nitrogens with zero attached hydrogens (tertiary/aromatic N) is 4. The Morgan fingerprint density at radius 1 is 1.38 bits per heavy atom. The highest BCUT2D eigenvalue weighted by Gasteiger charge is 2.47. The Bertz CT molecular complexity index is 621. The highest BCUT2D eigenvalue weighted by Crippen LogP contribution is 2.36. The minimum Gasteiger partial charge on any atom is -0.481 e. The summed E-state index contributed by atoms with van der Waals surface area (Å²) in [4.78, 5) is 25.4. The standard InChI is InChI=1S/C17H25N5O2/c1-21-13(17(23)18-7-11-3-4-11)5-12-8-22(9-14(12)21)15-6-16(24-2)20-10-19-15/h6,10-14H,3-5,7-9H2,1-2H3,(H,18,23)/t12-,13?,14+/m1/s1. The average molecular weight is 331 g/mol. The Morgan fingerprint density at radius 3 is 2.92 bits per heavy atom. The van der Waals surface area contributed by atoms with Crippen molar-refractivity contribution >= 4 is 11.7 Å². The van der Waals surface area contributed by atoms with Crippen molar-refractivity contribution in [3.8, 4) is 5.88 Å². The summed E-state index contributed by atoms with van der Waals surface area (Å²) in [7, 11) is 3.69. The number of nitrogens with one attached hydrogen (secondary N) is 1. The molecule has 1 amide bonds. The number of methoxy groups -OCH3 is 1. The van der Waals surface area contributed by atoms with Gasteiger partial charge in [-0.05, 0) is 38.1 Å². The van der Waals surface area contributed by atoms with Crippen molar-refractivity contribution in [2.24, 2.45) is 11.8 Å². The Balaban J connectivity index is 1.38. The molecule has 2 aliphatic heterocycles. The molecule has 0 radical (unpaired) electrons. The van der Waals surface area contributed by atoms with E-state index in [9.17, 15) is 4.79 Å². The van der Waals surface area contributed by atoms with E-state index in [1.165, 1.54) is 12.8 Å². The summed E-state index contributed by atoms with van der Waals surface area (Å²) < 4.78 is 5.19. The zero-order valence-electron chi connectivity index (χ0n) is 14.3. The molecule has 130 valence electrons. The van der Waals surface area contributed by atoms with Crippen molar-refractivity contribution in [3.63, 3.8) is 0 Å². The highest BCUT2D eigenvalue weighted by atomic mass is 16.5. The molecule has 1 saturated carbocycles. The largest absolute Gasteiger partial charge is 0.481 e. The van der Waals surface area contributed by atoms with Crippen LogP contribution in [-0.2, 0) is 4.79 Å². The first-order valence-corrected chi connectivity index (χ1v) is 8.76. The topological polar surface area (TPSA) is 70.6 Å². The lowest BCUT2D eigenvalue weighted by Crippen LogP contribution is -2.46. The van der Waals surface area contributed by atoms with Gasteiger partial charge in [-0.15, -0.1) is 0 Å². The number of carbonyl (C=O) groups excluding carboxylic acids is 1. The van der Waals surface area contributed by atoms with Crippen LogP contribution in [0.15, 0.2) is 12.4 Å². The predicted octanol–water partition coefficient (Wildman–Crippen LogP) is 0.520. The SMILES string of the molecule is COc1cc(N2C[C@H]3CC(C(=O)NCC4CC4)N(C)[C@H]3C2)ncn1. The van der Waals surface area contributed by atoms with Gasteiger partial charge in [-0.25, -0.2) is 9.97 Å². The molecule has 7 heteroatoms. The molecule has 2 saturated heterocycles. The number of amides is 1. The van der Waals surface area contributed by atoms with Crippen LogP contribution < -0.4 is 15.0 Å². The summed E-state index contributed by atoms with van der Waals surface area (Å²) in [5.41, 5.74) is 0. The molecule has 3 atom stereocenters. The molecule has 24 heavy (non-hydrogen) atoms. The molecule has 0 spiro atoms. The smallest absolute Gasteiger partial charge is 0.237 e. The number of carbonyl (C=O) groups is 1. The van der Waals surface area contributed by atoms with Crippen LogP contribution in [0.25, 0.3) is 0 Å². The third kappa shape index (κ3) is 2.92. The minimum atomic E-state index is 0.0147. The molecule has 7 nitrogen and oxygen atoms in total. The van der Waals surface area contributed by atoms with Crippen LogP contribution >= 0.6 is 0 Å². The van der Waals surface area contributed by atoms with E-state index in [-0.39, 0.29) is 11.9 Å². The molecule has 3 fully saturated rings. The normalized spacial score (nSPS) is 29.6. The molecule has 1 N–H and O–H groups in total. The molecule has 1 aromatic heterocycles. The fraction of sp³-hybridized carbons (Fsp3) is 0.706. The van der Waals surface area contributed by atoms with Crippen LogP contribution in [0.4, 0.5) is 5.82 Å². The lowest BCUT2D eigenvalue weighted by Gasteiger charge is -2.26. The monoisotopic (exact) mass is 331 g/mol. The van der Waals surface area contributed by atoms with Crippen molar-refractivity contribution in [2.75, 3.05) is 38.7 Å². The van der Waals surface area contributed by atoms with Gasteiger partial charge in [-0.2, -0.15) is 0 Å². The second kappa shape index (κ2) is 6.20. The van der Waals surface area contributed by atoms with E-state index in [0.717, 1.165) is 37.8 Å². The van der Waals surface area contributed by atoms with Crippen molar-refractivity contribution in [1.29, 1.82) is 0 Å². The van der Waals surface area contributed by atoms with Gasteiger partial charge < -0.3 is 15.0 Å². The summed E-state index contributed by atoms with van der Waals surface area (Å²) in [5, 5.41) is 3.13. The molecule has 1 unspecified atom stereocenters. The highest BCUT2D eigenvalue weighted by molar-refractivity contribution is 5.82. The molecule has 1 aliphatic carbocycles. The van der Waals surface area contributed by atoms with E-state index in [0.29, 0.717) is 17.8 Å². The maximum atomic E-state index is 12.5. The van der Waals surface area contributed by atoms with E-state index in [2.05, 4.69) is 32.1 Å². The number of fused-ring (bicyclic) bond motifs is 1. The molecule has 3 aliphatic rings. The van der Waals surface area contributed by atoms with Crippen LogP contribution in [0.2, 0.25) is 0 Å². The Labute approximate surface area is 142 Å². The van der Waals surface area contributed by atoms with Crippen molar-refractivity contribution in [3.05, 3.63) is 12.4 Å². The van der Waals surface area contributed by atoms with E-state index >= 15 is 0 Å². The van der Waals surface area contributed by atoms with Gasteiger partial charge in [0.2, 0.25) is 11.8 Å². The van der Waals surface area contributed by atoms with Gasteiger partial charge >= 0.3 is 0 Å². The zero-order chi connectivity index (χ0) is 16.7. The van der Waals surface area contributed by atoms with Crippen molar-refractivity contribution < 1.29 is 9.53 Å². The van der Waals surface area contributed by atoms with Gasteiger partial charge in [0.05, 0.1) is 13.2 Å². The summed E-state index contributed by atoms with van der Waals surface area (Å²) in [6.07, 6.45) is 5.00. The summed E-state index contributed by atoms with van der Waals surface area (Å²) >= 11 is 0. The lowest BCUT2D eigenvalue weighted by atomic mass is 10.0. The number of likely N-dealkylation sites (N-methyl/N-ethyl adjacent to an activating group) is 1. The second-order valence-corrected chi connectivity index (χ2v) is 7.26. The van der Waals surface area contributed by atoms with Crippen LogP contribution in [0.5, 0.6) is 5.88 Å². The minimum absolute atomic E-state index is 0.0147. The average Bonchev–Trinajstić information content (AvgIpc) is 3.26. The molecule has 0 aromatic carbocycles. The molecular weight excluding hydrogens is 306 g/mol.